The van der Waals surface area contributed by atoms with Crippen molar-refractivity contribution in [2.45, 2.75) is 44.1 Å². The minimum atomic E-state index is -1.17. The topological polar surface area (TPSA) is 120 Å². The lowest BCUT2D eigenvalue weighted by Gasteiger charge is -2.43. The van der Waals surface area contributed by atoms with E-state index in [1.807, 2.05) is 11.0 Å². The number of nitrogens with zero attached hydrogens (tertiary/aromatic N) is 6. The molecule has 11 heteroatoms. The Kier molecular flexibility index (Phi) is 5.29. The summed E-state index contributed by atoms with van der Waals surface area (Å²) in [7, 11) is 0. The van der Waals surface area contributed by atoms with Gasteiger partial charge in [-0.1, -0.05) is 6.07 Å². The average molecular weight is 506 g/mol. The third kappa shape index (κ3) is 3.75. The zero-order valence-corrected chi connectivity index (χ0v) is 20.6. The van der Waals surface area contributed by atoms with Gasteiger partial charge >= 0.3 is 6.09 Å². The molecule has 37 heavy (non-hydrogen) atoms. The minimum absolute atomic E-state index is 0.123. The third-order valence-corrected chi connectivity index (χ3v) is 8.06. The van der Waals surface area contributed by atoms with Gasteiger partial charge in [0.2, 0.25) is 0 Å². The molecule has 10 nitrogen and oxygen atoms in total. The predicted molar refractivity (Wildman–Crippen MR) is 134 cm³/mol. The molecule has 3 aliphatic heterocycles. The Morgan fingerprint density at radius 2 is 2.05 bits per heavy atom. The maximum atomic E-state index is 14.7. The Morgan fingerprint density at radius 3 is 2.81 bits per heavy atom. The molecule has 192 valence electrons. The van der Waals surface area contributed by atoms with Gasteiger partial charge in [0.25, 0.3) is 0 Å². The molecule has 2 saturated heterocycles. The first kappa shape index (κ1) is 23.5. The molecule has 0 aliphatic carbocycles. The molecule has 0 bridgehead atoms. The van der Waals surface area contributed by atoms with Crippen molar-refractivity contribution in [1.29, 1.82) is 5.26 Å². The summed E-state index contributed by atoms with van der Waals surface area (Å²) in [6, 6.07) is 11.6. The number of halogens is 1. The van der Waals surface area contributed by atoms with E-state index in [0.717, 1.165) is 24.1 Å². The molecule has 0 spiro atoms. The number of rotatable bonds is 3. The number of anilines is 2. The lowest BCUT2D eigenvalue weighted by Crippen LogP contribution is -2.51. The van der Waals surface area contributed by atoms with Crippen molar-refractivity contribution >= 4 is 23.0 Å². The van der Waals surface area contributed by atoms with E-state index >= 15 is 0 Å². The van der Waals surface area contributed by atoms with Gasteiger partial charge in [0.05, 0.1) is 24.0 Å². The maximum absolute atomic E-state index is 14.7. The number of hydrogen-bond donors (Lipinski definition) is 3. The van der Waals surface area contributed by atoms with E-state index in [9.17, 15) is 19.6 Å². The van der Waals surface area contributed by atoms with Crippen LogP contribution in [0.25, 0.3) is 5.52 Å². The molecule has 1 aromatic carbocycles. The van der Waals surface area contributed by atoms with Gasteiger partial charge in [-0.25, -0.2) is 13.7 Å². The van der Waals surface area contributed by atoms with Crippen LogP contribution in [0.4, 0.5) is 20.6 Å². The summed E-state index contributed by atoms with van der Waals surface area (Å²) >= 11 is 0. The normalized spacial score (nSPS) is 27.3. The van der Waals surface area contributed by atoms with Gasteiger partial charge in [-0.15, -0.1) is 0 Å². The number of fused-ring (bicyclic) bond motifs is 4. The number of pyridine rings is 1. The van der Waals surface area contributed by atoms with Crippen LogP contribution in [0.5, 0.6) is 0 Å². The number of aromatic nitrogens is 2. The van der Waals surface area contributed by atoms with E-state index < -0.39 is 23.6 Å². The zero-order valence-electron chi connectivity index (χ0n) is 20.6. The van der Waals surface area contributed by atoms with Gasteiger partial charge in [0.1, 0.15) is 22.9 Å². The number of aliphatic hydroxyl groups is 1. The molecule has 0 unspecified atom stereocenters. The van der Waals surface area contributed by atoms with E-state index in [1.54, 1.807) is 19.1 Å². The number of piperazine rings is 1. The van der Waals surface area contributed by atoms with Gasteiger partial charge in [-0.2, -0.15) is 10.4 Å². The Bertz CT molecular complexity index is 1450. The lowest BCUT2D eigenvalue weighted by atomic mass is 10.0. The number of hydrogen-bond acceptors (Lipinski definition) is 7. The van der Waals surface area contributed by atoms with Crippen LogP contribution < -0.4 is 15.1 Å². The van der Waals surface area contributed by atoms with Crippen molar-refractivity contribution in [3.8, 4) is 6.07 Å². The summed E-state index contributed by atoms with van der Waals surface area (Å²) in [5, 5.41) is 35.8. The van der Waals surface area contributed by atoms with E-state index in [4.69, 9.17) is 5.11 Å². The summed E-state index contributed by atoms with van der Waals surface area (Å²) in [6.45, 7) is 6.71. The number of amides is 1. The van der Waals surface area contributed by atoms with Gasteiger partial charge in [-0.05, 0) is 49.2 Å². The van der Waals surface area contributed by atoms with Gasteiger partial charge in [0, 0.05) is 44.5 Å². The summed E-state index contributed by atoms with van der Waals surface area (Å²) in [5.41, 5.74) is 3.53. The average Bonchev–Trinajstić information content (AvgIpc) is 3.51. The van der Waals surface area contributed by atoms with Crippen LogP contribution in [-0.2, 0) is 6.54 Å². The fourth-order valence-corrected chi connectivity index (χ4v) is 6.22. The van der Waals surface area contributed by atoms with Crippen LogP contribution in [0, 0.1) is 17.1 Å². The van der Waals surface area contributed by atoms with E-state index in [2.05, 4.69) is 45.3 Å². The Balaban J connectivity index is 1.28. The van der Waals surface area contributed by atoms with Crippen molar-refractivity contribution < 1.29 is 19.4 Å². The highest BCUT2D eigenvalue weighted by molar-refractivity contribution is 5.75. The third-order valence-electron chi connectivity index (χ3n) is 8.06. The lowest BCUT2D eigenvalue weighted by molar-refractivity contribution is 0.0542. The molecule has 1 amide bonds. The number of carbonyl (C=O) groups is 1. The molecule has 2 fully saturated rings. The maximum Gasteiger partial charge on any atom is 0.405 e. The molecule has 0 saturated carbocycles. The molecular formula is C26H28FN7O3. The molecule has 2 aromatic heterocycles. The predicted octanol–water partition coefficient (Wildman–Crippen LogP) is 2.32. The molecule has 4 atom stereocenters. The van der Waals surface area contributed by atoms with Crippen LogP contribution in [0.15, 0.2) is 36.5 Å². The second kappa shape index (κ2) is 8.33. The van der Waals surface area contributed by atoms with Gasteiger partial charge in [0.15, 0.2) is 5.82 Å². The molecule has 0 radical (unpaired) electrons. The van der Waals surface area contributed by atoms with E-state index in [-0.39, 0.29) is 17.8 Å². The Hall–Kier alpha value is -3.88. The van der Waals surface area contributed by atoms with Crippen molar-refractivity contribution in [3.63, 3.8) is 0 Å². The number of nitrogens with one attached hydrogen (secondary N) is 1. The van der Waals surface area contributed by atoms with E-state index in [1.165, 1.54) is 15.6 Å². The highest BCUT2D eigenvalue weighted by Gasteiger charge is 2.44. The van der Waals surface area contributed by atoms with Crippen molar-refractivity contribution in [2.24, 2.45) is 0 Å². The minimum Gasteiger partial charge on any atom is -0.465 e. The molecule has 3 N–H and O–H groups in total. The second-order valence-electron chi connectivity index (χ2n) is 10.5. The van der Waals surface area contributed by atoms with Crippen LogP contribution in [0.1, 0.15) is 36.7 Å². The molecular weight excluding hydrogens is 477 g/mol. The van der Waals surface area contributed by atoms with E-state index in [0.29, 0.717) is 31.7 Å². The number of benzene rings is 1. The second-order valence-corrected chi connectivity index (χ2v) is 10.5. The molecule has 5 heterocycles. The van der Waals surface area contributed by atoms with Gasteiger partial charge in [-0.3, -0.25) is 4.90 Å². The van der Waals surface area contributed by atoms with Crippen LogP contribution in [0.3, 0.4) is 0 Å². The first-order valence-electron chi connectivity index (χ1n) is 12.3. The number of β-amino-alcohol motifs (C(OH)–C–C–N with tert-alkyl or cyclic N) is 1. The fourth-order valence-electron chi connectivity index (χ4n) is 6.22. The van der Waals surface area contributed by atoms with Gasteiger partial charge < -0.3 is 25.3 Å². The van der Waals surface area contributed by atoms with Crippen molar-refractivity contribution in [2.75, 3.05) is 36.0 Å². The summed E-state index contributed by atoms with van der Waals surface area (Å²) in [5.74, 6) is -0.448. The fraction of sp³-hybridized carbons (Fsp3) is 0.423. The first-order chi connectivity index (χ1) is 17.7. The molecule has 3 aliphatic rings. The standard InChI is InChI=1S/C26H28FN7O3/c1-15-10-31(21-6-4-18(8-28)34-24(21)20(27)9-29-34)12-22-19-5-3-17(7-16(19)11-33(15)22)32-13-23(30-25(35)36)26(2,37)14-32/h3-7,9,15,22-23,30,37H,10-14H2,1-2H3,(H,35,36)/t15-,22-,23+,26+/m1/s1. The largest absolute Gasteiger partial charge is 0.465 e. The van der Waals surface area contributed by atoms with Crippen LogP contribution in [0.2, 0.25) is 0 Å². The highest BCUT2D eigenvalue weighted by atomic mass is 19.1. The SMILES string of the molecule is C[C@@H]1CN(c2ccc(C#N)n3ncc(F)c23)C[C@@H]2c3ccc(N4C[C@H](NC(=O)O)[C@@](C)(O)C4)cc3CN12. The zero-order chi connectivity index (χ0) is 26.1. The number of carboxylic acid groups (broad SMARTS) is 1. The summed E-state index contributed by atoms with van der Waals surface area (Å²) in [4.78, 5) is 17.8. The summed E-state index contributed by atoms with van der Waals surface area (Å²) in [6.07, 6.45) is 0.00437. The summed E-state index contributed by atoms with van der Waals surface area (Å²) < 4.78 is 16.1. The first-order valence-corrected chi connectivity index (χ1v) is 12.3. The molecule has 3 aromatic rings. The number of nitriles is 1. The Labute approximate surface area is 213 Å². The highest BCUT2D eigenvalue weighted by Crippen LogP contribution is 2.42. The molecule has 6 rings (SSSR count). The Morgan fingerprint density at radius 1 is 1.24 bits per heavy atom. The van der Waals surface area contributed by atoms with Crippen LogP contribution in [-0.4, -0.2) is 74.7 Å². The quantitative estimate of drug-likeness (QED) is 0.496. The smallest absolute Gasteiger partial charge is 0.405 e. The van der Waals surface area contributed by atoms with Crippen LogP contribution >= 0.6 is 0 Å². The van der Waals surface area contributed by atoms with Crippen molar-refractivity contribution in [1.82, 2.24) is 19.8 Å². The monoisotopic (exact) mass is 505 g/mol. The van der Waals surface area contributed by atoms with Crippen molar-refractivity contribution in [3.05, 3.63) is 59.2 Å².